The van der Waals surface area contributed by atoms with Gasteiger partial charge in [-0.3, -0.25) is 14.5 Å². The number of piperazine rings is 1. The molecule has 2 aliphatic rings. The molecule has 2 aliphatic heterocycles. The van der Waals surface area contributed by atoms with Crippen molar-refractivity contribution in [3.05, 3.63) is 59.7 Å². The summed E-state index contributed by atoms with van der Waals surface area (Å²) >= 11 is 0. The van der Waals surface area contributed by atoms with Crippen molar-refractivity contribution >= 4 is 17.5 Å². The van der Waals surface area contributed by atoms with Crippen LogP contribution in [0.15, 0.2) is 48.5 Å². The molecule has 2 heterocycles. The summed E-state index contributed by atoms with van der Waals surface area (Å²) in [4.78, 5) is 31.4. The van der Waals surface area contributed by atoms with Crippen LogP contribution in [0.5, 0.6) is 5.75 Å². The Bertz CT molecular complexity index is 914. The molecule has 2 aromatic rings. The zero-order chi connectivity index (χ0) is 20.4. The van der Waals surface area contributed by atoms with Crippen molar-refractivity contribution in [2.45, 2.75) is 25.9 Å². The van der Waals surface area contributed by atoms with E-state index in [0.717, 1.165) is 25.2 Å². The van der Waals surface area contributed by atoms with E-state index in [1.807, 2.05) is 37.3 Å². The van der Waals surface area contributed by atoms with Gasteiger partial charge in [-0.05, 0) is 36.6 Å². The van der Waals surface area contributed by atoms with E-state index in [-0.39, 0.29) is 24.4 Å². The number of methoxy groups -OCH3 is 1. The number of rotatable bonds is 4. The summed E-state index contributed by atoms with van der Waals surface area (Å²) in [6, 6.07) is 15.8. The lowest BCUT2D eigenvalue weighted by atomic mass is 10.00. The molecule has 0 bridgehead atoms. The van der Waals surface area contributed by atoms with E-state index in [4.69, 9.17) is 4.74 Å². The molecule has 0 aliphatic carbocycles. The molecule has 1 atom stereocenters. The van der Waals surface area contributed by atoms with Crippen molar-refractivity contribution in [2.75, 3.05) is 38.2 Å². The fourth-order valence-corrected chi connectivity index (χ4v) is 4.28. The highest BCUT2D eigenvalue weighted by molar-refractivity contribution is 5.98. The largest absolute Gasteiger partial charge is 0.497 e. The van der Waals surface area contributed by atoms with Gasteiger partial charge in [-0.2, -0.15) is 0 Å². The van der Waals surface area contributed by atoms with E-state index >= 15 is 0 Å². The molecule has 29 heavy (non-hydrogen) atoms. The van der Waals surface area contributed by atoms with Crippen molar-refractivity contribution < 1.29 is 14.3 Å². The Morgan fingerprint density at radius 1 is 1.10 bits per heavy atom. The Hall–Kier alpha value is -2.86. The monoisotopic (exact) mass is 393 g/mol. The lowest BCUT2D eigenvalue weighted by Crippen LogP contribution is -2.58. The van der Waals surface area contributed by atoms with Gasteiger partial charge in [0.05, 0.1) is 19.7 Å². The predicted octanol–water partition coefficient (Wildman–Crippen LogP) is 2.32. The van der Waals surface area contributed by atoms with E-state index in [2.05, 4.69) is 23.1 Å². The summed E-state index contributed by atoms with van der Waals surface area (Å²) in [5, 5.41) is 0. The van der Waals surface area contributed by atoms with Gasteiger partial charge in [-0.15, -0.1) is 0 Å². The Morgan fingerprint density at radius 2 is 1.90 bits per heavy atom. The molecule has 1 unspecified atom stereocenters. The van der Waals surface area contributed by atoms with Crippen molar-refractivity contribution in [3.63, 3.8) is 0 Å². The smallest absolute Gasteiger partial charge is 0.246 e. The first-order valence-corrected chi connectivity index (χ1v) is 10.1. The van der Waals surface area contributed by atoms with Crippen molar-refractivity contribution in [3.8, 4) is 5.75 Å². The summed E-state index contributed by atoms with van der Waals surface area (Å²) in [6.07, 6.45) is 0.961. The number of fused-ring (bicyclic) bond motifs is 1. The minimum absolute atomic E-state index is 0.0230. The number of anilines is 1. The number of nitrogens with zero attached hydrogens (tertiary/aromatic N) is 3. The summed E-state index contributed by atoms with van der Waals surface area (Å²) in [7, 11) is 1.61. The molecule has 6 nitrogen and oxygen atoms in total. The zero-order valence-electron chi connectivity index (χ0n) is 17.0. The molecule has 0 N–H and O–H groups in total. The normalized spacial score (nSPS) is 19.8. The number of hydrogen-bond donors (Lipinski definition) is 0. The van der Waals surface area contributed by atoms with Gasteiger partial charge < -0.3 is 14.5 Å². The summed E-state index contributed by atoms with van der Waals surface area (Å²) in [5.41, 5.74) is 3.47. The molecular weight excluding hydrogens is 366 g/mol. The van der Waals surface area contributed by atoms with E-state index in [0.29, 0.717) is 18.8 Å². The van der Waals surface area contributed by atoms with Gasteiger partial charge in [0.15, 0.2) is 0 Å². The van der Waals surface area contributed by atoms with Crippen molar-refractivity contribution in [1.29, 1.82) is 0 Å². The molecule has 152 valence electrons. The molecule has 0 saturated carbocycles. The topological polar surface area (TPSA) is 53.1 Å². The second-order valence-electron chi connectivity index (χ2n) is 7.82. The molecule has 1 saturated heterocycles. The van der Waals surface area contributed by atoms with Crippen molar-refractivity contribution in [1.82, 2.24) is 9.80 Å². The molecular formula is C23H27N3O3. The van der Waals surface area contributed by atoms with Crippen LogP contribution in [0.25, 0.3) is 0 Å². The lowest BCUT2D eigenvalue weighted by Gasteiger charge is -2.40. The summed E-state index contributed by atoms with van der Waals surface area (Å²) < 4.78 is 5.28. The Morgan fingerprint density at radius 3 is 2.66 bits per heavy atom. The molecule has 0 spiro atoms. The average molecular weight is 393 g/mol. The molecule has 2 amide bonds. The zero-order valence-corrected chi connectivity index (χ0v) is 17.0. The van der Waals surface area contributed by atoms with Gasteiger partial charge in [-0.1, -0.05) is 30.3 Å². The first-order chi connectivity index (χ1) is 14.0. The molecule has 1 fully saturated rings. The van der Waals surface area contributed by atoms with Gasteiger partial charge in [0.1, 0.15) is 12.3 Å². The standard InChI is InChI=1S/C23H27N3O3/c1-17-13-25(16-23(28)26(17)20-8-5-9-21(12-20)29-2)22(27)15-24-11-10-18-6-3-4-7-19(18)14-24/h3-9,12,17H,10-11,13-16H2,1-2H3. The van der Waals surface area contributed by atoms with Crippen molar-refractivity contribution in [2.24, 2.45) is 0 Å². The molecule has 0 radical (unpaired) electrons. The third-order valence-electron chi connectivity index (χ3n) is 5.77. The molecule has 2 aromatic carbocycles. The lowest BCUT2D eigenvalue weighted by molar-refractivity contribution is -0.138. The predicted molar refractivity (Wildman–Crippen MR) is 112 cm³/mol. The van der Waals surface area contributed by atoms with Gasteiger partial charge in [0, 0.05) is 31.4 Å². The number of hydrogen-bond acceptors (Lipinski definition) is 4. The second kappa shape index (κ2) is 8.25. The van der Waals surface area contributed by atoms with E-state index in [1.165, 1.54) is 11.1 Å². The Balaban J connectivity index is 1.40. The molecule has 0 aromatic heterocycles. The maximum absolute atomic E-state index is 12.9. The van der Waals surface area contributed by atoms with Crippen LogP contribution in [-0.4, -0.2) is 60.9 Å². The van der Waals surface area contributed by atoms with Crippen LogP contribution in [0.1, 0.15) is 18.1 Å². The van der Waals surface area contributed by atoms with Crippen LogP contribution >= 0.6 is 0 Å². The highest BCUT2D eigenvalue weighted by Crippen LogP contribution is 2.26. The van der Waals surface area contributed by atoms with Crippen LogP contribution in [0.2, 0.25) is 0 Å². The van der Waals surface area contributed by atoms with Crippen LogP contribution < -0.4 is 9.64 Å². The Labute approximate surface area is 171 Å². The third-order valence-corrected chi connectivity index (χ3v) is 5.77. The fourth-order valence-electron chi connectivity index (χ4n) is 4.28. The fraction of sp³-hybridized carbons (Fsp3) is 0.391. The van der Waals surface area contributed by atoms with E-state index < -0.39 is 0 Å². The summed E-state index contributed by atoms with van der Waals surface area (Å²) in [5.74, 6) is 0.676. The average Bonchev–Trinajstić information content (AvgIpc) is 2.73. The number of ether oxygens (including phenoxy) is 1. The Kier molecular flexibility index (Phi) is 5.53. The summed E-state index contributed by atoms with van der Waals surface area (Å²) in [6.45, 7) is 4.64. The minimum atomic E-state index is -0.0885. The van der Waals surface area contributed by atoms with Crippen LogP contribution in [0.3, 0.4) is 0 Å². The molecule has 6 heteroatoms. The highest BCUT2D eigenvalue weighted by Gasteiger charge is 2.34. The molecule has 4 rings (SSSR count). The quantitative estimate of drug-likeness (QED) is 0.800. The minimum Gasteiger partial charge on any atom is -0.497 e. The van der Waals surface area contributed by atoms with Gasteiger partial charge in [0.2, 0.25) is 11.8 Å². The first kappa shape index (κ1) is 19.5. The maximum atomic E-state index is 12.9. The third kappa shape index (κ3) is 4.12. The van der Waals surface area contributed by atoms with Gasteiger partial charge in [0.25, 0.3) is 0 Å². The second-order valence-corrected chi connectivity index (χ2v) is 7.82. The SMILES string of the molecule is COc1cccc(N2C(=O)CN(C(=O)CN3CCc4ccccc4C3)CC2C)c1. The van der Waals surface area contributed by atoms with E-state index in [1.54, 1.807) is 16.9 Å². The number of benzene rings is 2. The van der Waals surface area contributed by atoms with Gasteiger partial charge in [-0.25, -0.2) is 0 Å². The number of amides is 2. The van der Waals surface area contributed by atoms with Crippen LogP contribution in [0, 0.1) is 0 Å². The van der Waals surface area contributed by atoms with Crippen LogP contribution in [-0.2, 0) is 22.6 Å². The number of carbonyl (C=O) groups is 2. The van der Waals surface area contributed by atoms with Gasteiger partial charge >= 0.3 is 0 Å². The maximum Gasteiger partial charge on any atom is 0.246 e. The van der Waals surface area contributed by atoms with Crippen LogP contribution in [0.4, 0.5) is 5.69 Å². The highest BCUT2D eigenvalue weighted by atomic mass is 16.5. The van der Waals surface area contributed by atoms with E-state index in [9.17, 15) is 9.59 Å². The number of carbonyl (C=O) groups excluding carboxylic acids is 2. The first-order valence-electron chi connectivity index (χ1n) is 10.1.